The van der Waals surface area contributed by atoms with E-state index in [0.29, 0.717) is 69.1 Å². The van der Waals surface area contributed by atoms with Gasteiger partial charge in [-0.15, -0.1) is 11.8 Å². The first-order chi connectivity index (χ1) is 65.8. The van der Waals surface area contributed by atoms with Gasteiger partial charge in [0.1, 0.15) is 72.2 Å². The first-order valence-electron chi connectivity index (χ1n) is 46.5. The number of fused-ring (bicyclic) bond motifs is 4. The van der Waals surface area contributed by atoms with Gasteiger partial charge in [0.2, 0.25) is 82.7 Å². The highest BCUT2D eigenvalue weighted by Gasteiger charge is 2.47. The van der Waals surface area contributed by atoms with Gasteiger partial charge >= 0.3 is 17.9 Å². The Hall–Kier alpha value is -13.5. The molecular formula is C95H128N18O24S. The van der Waals surface area contributed by atoms with E-state index >= 15 is 38.4 Å². The van der Waals surface area contributed by atoms with Crippen LogP contribution in [0, 0.1) is 5.92 Å². The van der Waals surface area contributed by atoms with Crippen molar-refractivity contribution in [1.82, 2.24) is 77.0 Å². The minimum Gasteiger partial charge on any atom is -0.497 e. The zero-order chi connectivity index (χ0) is 101. The van der Waals surface area contributed by atoms with Gasteiger partial charge in [0, 0.05) is 144 Å². The summed E-state index contributed by atoms with van der Waals surface area (Å²) in [5.41, 5.74) is 14.6. The summed E-state index contributed by atoms with van der Waals surface area (Å²) in [6, 6.07) is -0.480. The number of aliphatic hydroxyl groups is 1. The zero-order valence-electron chi connectivity index (χ0n) is 78.6. The number of carboxylic acids is 3. The highest BCUT2D eigenvalue weighted by Crippen LogP contribution is 2.30. The van der Waals surface area contributed by atoms with Crippen molar-refractivity contribution < 1.29 is 116 Å². The number of carbonyl (C=O) groups excluding carboxylic acids is 16. The third-order valence-corrected chi connectivity index (χ3v) is 26.4. The van der Waals surface area contributed by atoms with Gasteiger partial charge in [-0.2, -0.15) is 0 Å². The lowest BCUT2D eigenvalue weighted by molar-refractivity contribution is -0.150. The molecule has 3 saturated heterocycles. The fraction of sp³-hybridized carbons (Fsp3) is 0.537. The monoisotopic (exact) mass is 1940 g/mol. The number of ether oxygens (including phenoxy) is 1. The molecule has 0 bridgehead atoms. The quantitative estimate of drug-likeness (QED) is 0.0288. The van der Waals surface area contributed by atoms with Gasteiger partial charge < -0.3 is 114 Å². The number of rotatable bonds is 30. The van der Waals surface area contributed by atoms with Crippen LogP contribution in [0.4, 0.5) is 0 Å². The maximum absolute atomic E-state index is 15.8. The van der Waals surface area contributed by atoms with E-state index in [4.69, 9.17) is 16.2 Å². The third kappa shape index (κ3) is 30.3. The molecule has 14 amide bonds. The van der Waals surface area contributed by atoms with Crippen LogP contribution in [0.25, 0.3) is 21.8 Å². The Labute approximate surface area is 802 Å². The Balaban J connectivity index is 1.12. The number of likely N-dealkylation sites (N-methyl/N-ethyl adjacent to an activating group) is 3. The van der Waals surface area contributed by atoms with E-state index in [9.17, 15) is 73.2 Å². The van der Waals surface area contributed by atoms with E-state index in [1.54, 1.807) is 98.3 Å². The number of amides is 14. The second kappa shape index (κ2) is 52.2. The van der Waals surface area contributed by atoms with Crippen LogP contribution in [0.1, 0.15) is 172 Å². The highest BCUT2D eigenvalue weighted by molar-refractivity contribution is 8.00. The average molecular weight is 1940 g/mol. The average Bonchev–Trinajstić information content (AvgIpc) is 1.62. The van der Waals surface area contributed by atoms with E-state index in [1.165, 1.54) is 41.4 Å². The van der Waals surface area contributed by atoms with Gasteiger partial charge in [-0.25, -0.2) is 0 Å². The molecule has 3 fully saturated rings. The van der Waals surface area contributed by atoms with Crippen molar-refractivity contribution in [3.8, 4) is 5.75 Å². The number of carboxylic acid groups (broad SMARTS) is 3. The number of hydrogen-bond donors (Lipinski definition) is 16. The number of methoxy groups -OCH3 is 1. The van der Waals surface area contributed by atoms with E-state index in [1.807, 2.05) is 6.92 Å². The molecule has 3 aromatic carbocycles. The minimum atomic E-state index is -1.91. The Kier molecular flexibility index (Phi) is 40.9. The molecule has 0 unspecified atom stereocenters. The first kappa shape index (κ1) is 108. The number of carbonyl (C=O) groups is 19. The number of aliphatic hydroxyl groups excluding tert-OH is 1. The number of aromatic amines is 2. The lowest BCUT2D eigenvalue weighted by atomic mass is 9.91. The van der Waals surface area contributed by atoms with Crippen molar-refractivity contribution in [2.75, 3.05) is 59.4 Å². The predicted octanol–water partition coefficient (Wildman–Crippen LogP) is 1.25. The van der Waals surface area contributed by atoms with Crippen LogP contribution in [0.2, 0.25) is 0 Å². The smallest absolute Gasteiger partial charge is 0.305 e. The molecule has 5 aromatic rings. The molecule has 6 heterocycles. The molecule has 0 radical (unpaired) electrons. The Morgan fingerprint density at radius 3 is 1.70 bits per heavy atom. The van der Waals surface area contributed by atoms with E-state index in [-0.39, 0.29) is 96.6 Å². The zero-order valence-corrected chi connectivity index (χ0v) is 79.4. The number of thioether (sulfide) groups is 1. The highest BCUT2D eigenvalue weighted by atomic mass is 32.2. The van der Waals surface area contributed by atoms with Crippen molar-refractivity contribution in [3.63, 3.8) is 0 Å². The molecule has 138 heavy (non-hydrogen) atoms. The number of Topliss-reactive ketones (excluding diaryl/α,β-unsaturated/α-hetero) is 2. The van der Waals surface area contributed by atoms with Crippen LogP contribution in [0.3, 0.4) is 0 Å². The van der Waals surface area contributed by atoms with Gasteiger partial charge in [0.25, 0.3) is 0 Å². The van der Waals surface area contributed by atoms with Crippen molar-refractivity contribution in [1.29, 1.82) is 0 Å². The van der Waals surface area contributed by atoms with E-state index in [0.717, 1.165) is 36.3 Å². The number of unbranched alkanes of at least 4 members (excludes halogenated alkanes) is 3. The van der Waals surface area contributed by atoms with Crippen LogP contribution in [-0.2, 0) is 110 Å². The summed E-state index contributed by atoms with van der Waals surface area (Å²) in [5.74, 6) is -22.3. The number of benzene rings is 3. The fourth-order valence-corrected chi connectivity index (χ4v) is 18.3. The molecule has 0 saturated carbocycles. The standard InChI is InChI=1S/C95H128N18O24S/c1-8-10-24-73-88(129)102-65(31-34-81(119)120)86(127)108-72(77(115)32-33-79(97)117)51-138-52-80(118)101-69(39-54-27-29-60(137-7)30-28-54)91(132)109(4)53(3)84(125)106-71(46-83(123)124)94(135)112-38-18-26-74(112)89(130)105-68(40-55-35-37-98-47-55)87(128)103-66(23-16-17-36-96)93(134)113-50-59(114)45-76(113)90(131)104-67(41-57-48-99-63-21-14-12-19-61(57)63)78(116)43-56(44-82(121)122)85(126)107-70(42-58-49-100-64-22-15-13-20-62(58)64)92(133)111(6)75(25-11-9-2)95(136)110(73)5/h12-15,19-22,27-30,37,47-49,53,56,59,65-76,99-100,114H,8-11,16-18,23-26,31-36,38-46,50-52,96H2,1-7H3,(H2,97,117)(H,101,118)(H,102,129)(H,103,128)(H,104,131)(H,105,130)(H,106,125)(H,107,126)(H,108,127)(H,119,120)(H,121,122)(H,123,124)/t53-,56-,59+,65-,66-,67-,68-,69-,70-,71-,72-,73-,74-,75-,76-/m0/s1. The third-order valence-electron chi connectivity index (χ3n) is 25.4. The van der Waals surface area contributed by atoms with Gasteiger partial charge in [-0.3, -0.25) is 96.1 Å². The predicted molar refractivity (Wildman–Crippen MR) is 505 cm³/mol. The first-order valence-corrected chi connectivity index (χ1v) is 47.7. The second-order valence-corrected chi connectivity index (χ2v) is 36.4. The number of nitrogens with two attached hydrogens (primary N) is 2. The second-order valence-electron chi connectivity index (χ2n) is 35.4. The number of aliphatic imine (C=N–C) groups is 1. The van der Waals surface area contributed by atoms with Crippen molar-refractivity contribution in [2.24, 2.45) is 22.4 Å². The maximum Gasteiger partial charge on any atom is 0.305 e. The number of nitrogens with one attached hydrogen (secondary N) is 10. The molecule has 4 aliphatic heterocycles. The van der Waals surface area contributed by atoms with Gasteiger partial charge in [0.15, 0.2) is 11.6 Å². The molecular weight excluding hydrogens is 1810 g/mol. The fourth-order valence-electron chi connectivity index (χ4n) is 17.4. The summed E-state index contributed by atoms with van der Waals surface area (Å²) in [6.07, 6.45) is -0.302. The number of hydrogen-bond acceptors (Lipinski definition) is 24. The Morgan fingerprint density at radius 2 is 1.09 bits per heavy atom. The lowest BCUT2D eigenvalue weighted by Gasteiger charge is -2.36. The van der Waals surface area contributed by atoms with Gasteiger partial charge in [0.05, 0.1) is 49.8 Å². The van der Waals surface area contributed by atoms with E-state index in [2.05, 4.69) is 57.5 Å². The van der Waals surface area contributed by atoms with Crippen molar-refractivity contribution in [3.05, 3.63) is 114 Å². The Bertz CT molecular complexity index is 5310. The van der Waals surface area contributed by atoms with Gasteiger partial charge in [-0.1, -0.05) is 88.1 Å². The SMILES string of the molecule is CCCC[C@H]1C(=O)N(C)[C@@H](CCCC)C(=O)N[C@@H](CCC(=O)O)C(=O)N[C@H](C(=O)CCC(N)=O)CSCC(=O)N[C@@H](Cc2ccc(OC)cc2)C(=O)N(C)[C@@H](C)C(=O)N[C@@H](CC(=O)O)C(=O)N2CCC[C@H]2C(=O)N[C@@H](CC2=CN=CC2)C(=O)N[C@@H](CCCCN)C(=O)N2C[C@H](O)C[C@H]2C(=O)N[C@@H](Cc2c[nH]c3ccccc23)C(=O)C[C@@H](CC(=O)O)C(=O)N[C@@H](Cc2c[nH]c3ccccc23)C(=O)N1C. The van der Waals surface area contributed by atoms with Crippen LogP contribution >= 0.6 is 11.8 Å². The molecule has 0 aliphatic carbocycles. The minimum absolute atomic E-state index is 0.0494. The number of nitrogens with zero attached hydrogens (tertiary/aromatic N) is 6. The molecule has 43 heteroatoms. The Morgan fingerprint density at radius 1 is 0.529 bits per heavy atom. The molecule has 0 spiro atoms. The molecule has 18 N–H and O–H groups in total. The summed E-state index contributed by atoms with van der Waals surface area (Å²) in [5, 5.41) is 65.0. The normalized spacial score (nSPS) is 24.9. The number of H-pyrrole nitrogens is 2. The van der Waals surface area contributed by atoms with Gasteiger partial charge in [-0.05, 0) is 118 Å². The summed E-state index contributed by atoms with van der Waals surface area (Å²) >= 11 is 0.749. The number of aromatic nitrogens is 2. The van der Waals surface area contributed by atoms with Crippen LogP contribution in [0.5, 0.6) is 5.75 Å². The molecule has 9 rings (SSSR count). The van der Waals surface area contributed by atoms with Crippen molar-refractivity contribution >= 4 is 152 Å². The maximum atomic E-state index is 15.8. The summed E-state index contributed by atoms with van der Waals surface area (Å²) in [7, 11) is 5.20. The topological polar surface area (TPSA) is 623 Å². The van der Waals surface area contributed by atoms with Crippen LogP contribution in [-0.4, -0.2) is 317 Å². The molecule has 2 aromatic heterocycles. The molecule has 15 atom stereocenters. The molecule has 4 aliphatic rings. The largest absolute Gasteiger partial charge is 0.497 e. The summed E-state index contributed by atoms with van der Waals surface area (Å²) in [4.78, 5) is 292. The van der Waals surface area contributed by atoms with Crippen molar-refractivity contribution in [2.45, 2.75) is 260 Å². The number of ketones is 2. The number of para-hydroxylation sites is 2. The van der Waals surface area contributed by atoms with E-state index < -0.39 is 272 Å². The lowest BCUT2D eigenvalue weighted by Crippen LogP contribution is -2.60. The molecule has 42 nitrogen and oxygen atoms in total. The molecule has 748 valence electrons. The summed E-state index contributed by atoms with van der Waals surface area (Å²) in [6.45, 7) is 4.32. The van der Waals surface area contributed by atoms with Crippen LogP contribution < -0.4 is 58.7 Å². The number of primary amides is 1. The number of aliphatic carboxylic acids is 3. The van der Waals surface area contributed by atoms with Crippen LogP contribution in [0.15, 0.2) is 102 Å². The summed E-state index contributed by atoms with van der Waals surface area (Å²) < 4.78 is 5.33.